The van der Waals surface area contributed by atoms with Gasteiger partial charge < -0.3 is 18.8 Å². The number of ether oxygens (including phenoxy) is 2. The molecule has 2 aliphatic rings. The van der Waals surface area contributed by atoms with Gasteiger partial charge in [0, 0.05) is 24.7 Å². The number of hydrogen-bond acceptors (Lipinski definition) is 5. The van der Waals surface area contributed by atoms with E-state index in [1.807, 2.05) is 25.1 Å². The topological polar surface area (TPSA) is 48.0 Å². The Morgan fingerprint density at radius 3 is 2.36 bits per heavy atom. The first kappa shape index (κ1) is 30.1. The van der Waals surface area contributed by atoms with Crippen molar-refractivity contribution in [1.29, 1.82) is 0 Å². The number of benzene rings is 2. The van der Waals surface area contributed by atoms with Gasteiger partial charge in [-0.15, -0.1) is 0 Å². The summed E-state index contributed by atoms with van der Waals surface area (Å²) in [5.74, 6) is 0.337. The first-order valence-corrected chi connectivity index (χ1v) is 17.6. The Bertz CT molecular complexity index is 1180. The van der Waals surface area contributed by atoms with Crippen LogP contribution in [0.25, 0.3) is 0 Å². The zero-order valence-electron chi connectivity index (χ0n) is 25.0. The molecule has 0 bridgehead atoms. The lowest BCUT2D eigenvalue weighted by Gasteiger charge is -2.41. The van der Waals surface area contributed by atoms with E-state index in [4.69, 9.17) is 25.5 Å². The molecular formula is C32H46ClNO4Si. The molecule has 5 nitrogen and oxygen atoms in total. The zero-order chi connectivity index (χ0) is 28.6. The molecule has 2 aromatic carbocycles. The van der Waals surface area contributed by atoms with Gasteiger partial charge in [0.15, 0.2) is 0 Å². The third-order valence-corrected chi connectivity index (χ3v) is 13.7. The maximum atomic E-state index is 13.1. The molecule has 2 aromatic rings. The molecule has 1 saturated heterocycles. The lowest BCUT2D eigenvalue weighted by molar-refractivity contribution is -0.155. The number of rotatable bonds is 8. The highest BCUT2D eigenvalue weighted by atomic mass is 35.5. The lowest BCUT2D eigenvalue weighted by atomic mass is 9.82. The number of carbonyl (C=O) groups is 1. The molecule has 4 rings (SSSR count). The average Bonchev–Trinajstić information content (AvgIpc) is 3.08. The predicted molar refractivity (Wildman–Crippen MR) is 161 cm³/mol. The smallest absolute Gasteiger partial charge is 0.310 e. The molecule has 0 N–H and O–H groups in total. The number of likely N-dealkylation sites (tertiary alicyclic amines) is 1. The Balaban J connectivity index is 1.48. The van der Waals surface area contributed by atoms with Crippen molar-refractivity contribution >= 4 is 25.9 Å². The standard InChI is InChI=1S/C32H46ClNO4Si/c1-9-36-29(35)24(20-23-21-25(14-15-28(23)33)37-39(7,8)30(2,3)4)22-34-18-16-32(17-19-34)27-13-11-10-12-26(27)31(5,6)38-32/h10-15,21,24H,9,16-20,22H2,1-8H3. The number of carbonyl (C=O) groups excluding carboxylic acids is 1. The highest BCUT2D eigenvalue weighted by Crippen LogP contribution is 2.51. The van der Waals surface area contributed by atoms with Crippen LogP contribution in [0.3, 0.4) is 0 Å². The van der Waals surface area contributed by atoms with Crippen molar-refractivity contribution in [1.82, 2.24) is 4.90 Å². The van der Waals surface area contributed by atoms with Gasteiger partial charge in [-0.3, -0.25) is 4.79 Å². The van der Waals surface area contributed by atoms with Gasteiger partial charge in [0.2, 0.25) is 8.32 Å². The quantitative estimate of drug-likeness (QED) is 0.240. The molecule has 1 spiro atoms. The summed E-state index contributed by atoms with van der Waals surface area (Å²) in [5, 5.41) is 0.743. The van der Waals surface area contributed by atoms with E-state index < -0.39 is 8.32 Å². The van der Waals surface area contributed by atoms with Gasteiger partial charge in [-0.2, -0.15) is 0 Å². The van der Waals surface area contributed by atoms with Gasteiger partial charge in [-0.05, 0) is 93.1 Å². The van der Waals surface area contributed by atoms with Crippen molar-refractivity contribution in [2.75, 3.05) is 26.2 Å². The lowest BCUT2D eigenvalue weighted by Crippen LogP contribution is -2.46. The minimum atomic E-state index is -2.00. The van der Waals surface area contributed by atoms with Crippen molar-refractivity contribution in [2.24, 2.45) is 5.92 Å². The van der Waals surface area contributed by atoms with Crippen LogP contribution < -0.4 is 4.43 Å². The molecule has 39 heavy (non-hydrogen) atoms. The average molecular weight is 572 g/mol. The predicted octanol–water partition coefficient (Wildman–Crippen LogP) is 7.70. The molecule has 1 fully saturated rings. The third kappa shape index (κ3) is 6.40. The second kappa shape index (κ2) is 11.2. The highest BCUT2D eigenvalue weighted by Gasteiger charge is 2.50. The maximum absolute atomic E-state index is 13.1. The minimum absolute atomic E-state index is 0.0879. The molecule has 214 valence electrons. The fourth-order valence-electron chi connectivity index (χ4n) is 5.75. The van der Waals surface area contributed by atoms with Crippen LogP contribution >= 0.6 is 11.6 Å². The summed E-state index contributed by atoms with van der Waals surface area (Å²) in [4.78, 5) is 15.5. The van der Waals surface area contributed by atoms with E-state index in [1.165, 1.54) is 11.1 Å². The van der Waals surface area contributed by atoms with Crippen LogP contribution in [0.5, 0.6) is 5.75 Å². The molecule has 1 unspecified atom stereocenters. The zero-order valence-corrected chi connectivity index (χ0v) is 26.8. The monoisotopic (exact) mass is 571 g/mol. The number of halogens is 1. The van der Waals surface area contributed by atoms with Crippen molar-refractivity contribution < 1.29 is 18.7 Å². The Morgan fingerprint density at radius 2 is 1.74 bits per heavy atom. The SMILES string of the molecule is CCOC(=O)C(Cc1cc(O[Si](C)(C)C(C)(C)C)ccc1Cl)CN1CCC2(CC1)OC(C)(C)c1ccccc12. The number of piperidine rings is 1. The van der Waals surface area contributed by atoms with Crippen LogP contribution in [0, 0.1) is 5.92 Å². The summed E-state index contributed by atoms with van der Waals surface area (Å²) >= 11 is 6.66. The molecule has 0 aliphatic carbocycles. The fraction of sp³-hybridized carbons (Fsp3) is 0.594. The molecule has 0 saturated carbocycles. The van der Waals surface area contributed by atoms with Gasteiger partial charge in [0.1, 0.15) is 5.75 Å². The second-order valence-corrected chi connectivity index (χ2v) is 18.4. The molecule has 0 amide bonds. The third-order valence-electron chi connectivity index (χ3n) is 8.94. The Hall–Kier alpha value is -1.86. The van der Waals surface area contributed by atoms with Crippen LogP contribution in [-0.4, -0.2) is 45.4 Å². The van der Waals surface area contributed by atoms with Crippen molar-refractivity contribution in [3.8, 4) is 5.75 Å². The van der Waals surface area contributed by atoms with Crippen molar-refractivity contribution in [3.05, 3.63) is 64.2 Å². The molecule has 7 heteroatoms. The van der Waals surface area contributed by atoms with Gasteiger partial charge in [0.05, 0.1) is 23.7 Å². The van der Waals surface area contributed by atoms with Crippen LogP contribution in [0.2, 0.25) is 23.2 Å². The Kier molecular flexibility index (Phi) is 8.64. The molecule has 2 aliphatic heterocycles. The van der Waals surface area contributed by atoms with Gasteiger partial charge >= 0.3 is 5.97 Å². The first-order valence-electron chi connectivity index (χ1n) is 14.3. The number of esters is 1. The molecule has 0 aromatic heterocycles. The number of hydrogen-bond donors (Lipinski definition) is 0. The van der Waals surface area contributed by atoms with E-state index in [0.717, 1.165) is 37.2 Å². The van der Waals surface area contributed by atoms with Crippen LogP contribution in [0.4, 0.5) is 0 Å². The van der Waals surface area contributed by atoms with Gasteiger partial charge in [0.25, 0.3) is 0 Å². The largest absolute Gasteiger partial charge is 0.543 e. The van der Waals surface area contributed by atoms with E-state index >= 15 is 0 Å². The summed E-state index contributed by atoms with van der Waals surface area (Å²) in [6, 6.07) is 14.5. The van der Waals surface area contributed by atoms with Crippen LogP contribution in [0.1, 0.15) is 71.1 Å². The summed E-state index contributed by atoms with van der Waals surface area (Å²) in [5.41, 5.74) is 2.99. The Morgan fingerprint density at radius 1 is 1.10 bits per heavy atom. The van der Waals surface area contributed by atoms with Crippen molar-refractivity contribution in [3.63, 3.8) is 0 Å². The molecule has 0 radical (unpaired) electrons. The molecule has 1 atom stereocenters. The molecule has 2 heterocycles. The second-order valence-electron chi connectivity index (χ2n) is 13.2. The highest BCUT2D eigenvalue weighted by molar-refractivity contribution is 6.74. The van der Waals surface area contributed by atoms with Gasteiger partial charge in [-0.1, -0.05) is 56.6 Å². The maximum Gasteiger partial charge on any atom is 0.310 e. The van der Waals surface area contributed by atoms with E-state index in [9.17, 15) is 4.79 Å². The van der Waals surface area contributed by atoms with Crippen molar-refractivity contribution in [2.45, 2.75) is 90.1 Å². The normalized spacial score (nSPS) is 19.5. The van der Waals surface area contributed by atoms with E-state index in [1.54, 1.807) is 0 Å². The summed E-state index contributed by atoms with van der Waals surface area (Å²) in [6.45, 7) is 20.1. The van der Waals surface area contributed by atoms with Crippen LogP contribution in [-0.2, 0) is 31.9 Å². The van der Waals surface area contributed by atoms with Crippen LogP contribution in [0.15, 0.2) is 42.5 Å². The summed E-state index contributed by atoms with van der Waals surface area (Å²) in [7, 11) is -2.00. The number of nitrogens with zero attached hydrogens (tertiary/aromatic N) is 1. The minimum Gasteiger partial charge on any atom is -0.543 e. The fourth-order valence-corrected chi connectivity index (χ4v) is 6.97. The summed E-state index contributed by atoms with van der Waals surface area (Å²) in [6.07, 6.45) is 2.32. The van der Waals surface area contributed by atoms with Gasteiger partial charge in [-0.25, -0.2) is 0 Å². The molecular weight excluding hydrogens is 526 g/mol. The Labute approximate surface area is 241 Å². The van der Waals surface area contributed by atoms with E-state index in [-0.39, 0.29) is 28.1 Å². The number of fused-ring (bicyclic) bond motifs is 2. The van der Waals surface area contributed by atoms with E-state index in [0.29, 0.717) is 24.6 Å². The van der Waals surface area contributed by atoms with E-state index in [2.05, 4.69) is 76.9 Å². The summed E-state index contributed by atoms with van der Waals surface area (Å²) < 4.78 is 18.8. The first-order chi connectivity index (χ1) is 18.2.